The third kappa shape index (κ3) is 5.78. The van der Waals surface area contributed by atoms with E-state index in [1.54, 1.807) is 17.9 Å². The fraction of sp³-hybridized carbons (Fsp3) is 0.520. The summed E-state index contributed by atoms with van der Waals surface area (Å²) in [5, 5.41) is 17.8. The molecule has 0 aliphatic heterocycles. The Labute approximate surface area is 208 Å². The average Bonchev–Trinajstić information content (AvgIpc) is 3.64. The van der Waals surface area contributed by atoms with Crippen molar-refractivity contribution in [2.45, 2.75) is 70.9 Å². The number of aromatic nitrogens is 6. The van der Waals surface area contributed by atoms with Crippen LogP contribution in [-0.2, 0) is 29.8 Å². The van der Waals surface area contributed by atoms with Crippen LogP contribution in [0.1, 0.15) is 55.6 Å². The minimum absolute atomic E-state index is 0.128. The Hall–Kier alpha value is -3.60. The second kappa shape index (κ2) is 10.6. The maximum atomic E-state index is 11.4. The predicted octanol–water partition coefficient (Wildman–Crippen LogP) is 3.26. The van der Waals surface area contributed by atoms with Crippen molar-refractivity contribution in [3.8, 4) is 23.1 Å². The second-order valence-corrected chi connectivity index (χ2v) is 9.36. The first-order valence-electron chi connectivity index (χ1n) is 12.3. The van der Waals surface area contributed by atoms with Crippen LogP contribution in [0.2, 0.25) is 0 Å². The molecule has 0 spiro atoms. The van der Waals surface area contributed by atoms with Gasteiger partial charge in [0.1, 0.15) is 23.7 Å². The molecule has 11 heteroatoms. The fourth-order valence-electron chi connectivity index (χ4n) is 4.29. The molecule has 2 aliphatic carbocycles. The molecule has 1 N–H and O–H groups in total. The molecular formula is C25H30N6O5. The molecule has 0 saturated heterocycles. The monoisotopic (exact) mass is 494 g/mol. The predicted molar refractivity (Wildman–Crippen MR) is 127 cm³/mol. The van der Waals surface area contributed by atoms with Gasteiger partial charge >= 0.3 is 12.0 Å². The molecule has 3 aromatic heterocycles. The van der Waals surface area contributed by atoms with Crippen molar-refractivity contribution >= 4 is 5.97 Å². The van der Waals surface area contributed by atoms with Crippen LogP contribution in [-0.4, -0.2) is 53.2 Å². The van der Waals surface area contributed by atoms with Gasteiger partial charge in [0.05, 0.1) is 41.8 Å². The van der Waals surface area contributed by atoms with Crippen LogP contribution < -0.4 is 9.47 Å². The van der Waals surface area contributed by atoms with E-state index in [4.69, 9.17) is 19.2 Å². The molecule has 0 aromatic carbocycles. The highest BCUT2D eigenvalue weighted by molar-refractivity contribution is 5.70. The third-order valence-electron chi connectivity index (χ3n) is 6.51. The topological polar surface area (TPSA) is 134 Å². The van der Waals surface area contributed by atoms with Crippen molar-refractivity contribution in [3.63, 3.8) is 0 Å². The number of carboxylic acid groups (broad SMARTS) is 1. The Bertz CT molecular complexity index is 1230. The molecule has 0 unspecified atom stereocenters. The lowest BCUT2D eigenvalue weighted by molar-refractivity contribution is -0.143. The van der Waals surface area contributed by atoms with Crippen LogP contribution in [0, 0.1) is 12.8 Å². The van der Waals surface area contributed by atoms with E-state index in [-0.39, 0.29) is 24.6 Å². The number of aryl methyl sites for hydroxylation is 2. The van der Waals surface area contributed by atoms with Crippen LogP contribution in [0.4, 0.5) is 0 Å². The minimum Gasteiger partial charge on any atom is -0.489 e. The zero-order chi connectivity index (χ0) is 25.1. The van der Waals surface area contributed by atoms with Gasteiger partial charge in [0.25, 0.3) is 0 Å². The second-order valence-electron chi connectivity index (χ2n) is 9.36. The lowest BCUT2D eigenvalue weighted by Gasteiger charge is -2.27. The average molecular weight is 495 g/mol. The van der Waals surface area contributed by atoms with Gasteiger partial charge in [-0.1, -0.05) is 5.21 Å². The molecule has 2 atom stereocenters. The van der Waals surface area contributed by atoms with Crippen molar-refractivity contribution < 1.29 is 24.1 Å². The van der Waals surface area contributed by atoms with Crippen LogP contribution in [0.25, 0.3) is 11.4 Å². The van der Waals surface area contributed by atoms with E-state index in [1.807, 2.05) is 25.1 Å². The summed E-state index contributed by atoms with van der Waals surface area (Å²) in [7, 11) is 1.79. The van der Waals surface area contributed by atoms with E-state index in [1.165, 1.54) is 0 Å². The molecule has 2 aliphatic rings. The maximum Gasteiger partial charge on any atom is 0.317 e. The standard InChI is InChI=1S/C25H30N6O5/c1-15-22(36-19-5-3-4-16(12-19)24(32)33)9-8-20(27-15)23-21(31(2)30-29-23)14-35-25-26-11-10-17(28-25)13-34-18-6-7-18/h8-11,16,18-19H,3-7,12-14H2,1-2H3,(H,32,33)/t16-,19-/m0/s1. The molecule has 190 valence electrons. The molecule has 3 aromatic rings. The summed E-state index contributed by atoms with van der Waals surface area (Å²) in [5.74, 6) is -0.460. The molecule has 2 saturated carbocycles. The van der Waals surface area contributed by atoms with Gasteiger partial charge in [-0.2, -0.15) is 4.98 Å². The van der Waals surface area contributed by atoms with E-state index in [2.05, 4.69) is 20.3 Å². The Kier molecular flexibility index (Phi) is 7.08. The number of pyridine rings is 1. The quantitative estimate of drug-likeness (QED) is 0.447. The highest BCUT2D eigenvalue weighted by Gasteiger charge is 2.28. The SMILES string of the molecule is Cc1nc(-c2nnn(C)c2COc2nccc(COC3CC3)n2)ccc1O[C@H]1CCC[C@H](C(=O)O)C1. The fourth-order valence-corrected chi connectivity index (χ4v) is 4.29. The summed E-state index contributed by atoms with van der Waals surface area (Å²) in [4.78, 5) is 24.7. The number of hydrogen-bond acceptors (Lipinski definition) is 9. The molecule has 0 amide bonds. The van der Waals surface area contributed by atoms with E-state index in [0.717, 1.165) is 37.1 Å². The first-order valence-corrected chi connectivity index (χ1v) is 12.3. The van der Waals surface area contributed by atoms with Gasteiger partial charge < -0.3 is 19.3 Å². The largest absolute Gasteiger partial charge is 0.489 e. The third-order valence-corrected chi connectivity index (χ3v) is 6.51. The summed E-state index contributed by atoms with van der Waals surface area (Å²) < 4.78 is 19.3. The minimum atomic E-state index is -0.755. The van der Waals surface area contributed by atoms with Crippen LogP contribution >= 0.6 is 0 Å². The molecule has 36 heavy (non-hydrogen) atoms. The first kappa shape index (κ1) is 24.1. The molecular weight excluding hydrogens is 464 g/mol. The summed E-state index contributed by atoms with van der Waals surface area (Å²) >= 11 is 0. The van der Waals surface area contributed by atoms with Crippen molar-refractivity contribution in [3.05, 3.63) is 41.5 Å². The maximum absolute atomic E-state index is 11.4. The van der Waals surface area contributed by atoms with Gasteiger partial charge in [0, 0.05) is 13.2 Å². The molecule has 11 nitrogen and oxygen atoms in total. The number of carboxylic acids is 1. The Balaban J connectivity index is 1.25. The summed E-state index contributed by atoms with van der Waals surface area (Å²) in [6, 6.07) is 5.77. The normalized spacial score (nSPS) is 19.7. The Morgan fingerprint density at radius 1 is 1.11 bits per heavy atom. The van der Waals surface area contributed by atoms with Crippen LogP contribution in [0.5, 0.6) is 11.8 Å². The number of aliphatic carboxylic acids is 1. The van der Waals surface area contributed by atoms with E-state index >= 15 is 0 Å². The van der Waals surface area contributed by atoms with Gasteiger partial charge in [-0.15, -0.1) is 5.10 Å². The van der Waals surface area contributed by atoms with Crippen LogP contribution in [0.3, 0.4) is 0 Å². The van der Waals surface area contributed by atoms with Crippen LogP contribution in [0.15, 0.2) is 24.4 Å². The Morgan fingerprint density at radius 3 is 2.75 bits per heavy atom. The van der Waals surface area contributed by atoms with Crippen molar-refractivity contribution in [1.82, 2.24) is 29.9 Å². The van der Waals surface area contributed by atoms with Crippen molar-refractivity contribution in [1.29, 1.82) is 0 Å². The van der Waals surface area contributed by atoms with Crippen molar-refractivity contribution in [2.75, 3.05) is 0 Å². The zero-order valence-corrected chi connectivity index (χ0v) is 20.5. The molecule has 0 radical (unpaired) electrons. The number of nitrogens with zero attached hydrogens (tertiary/aromatic N) is 6. The van der Waals surface area contributed by atoms with E-state index in [9.17, 15) is 9.90 Å². The Morgan fingerprint density at radius 2 is 1.97 bits per heavy atom. The first-order chi connectivity index (χ1) is 17.5. The summed E-state index contributed by atoms with van der Waals surface area (Å²) in [6.45, 7) is 2.48. The molecule has 5 rings (SSSR count). The highest BCUT2D eigenvalue weighted by Crippen LogP contribution is 2.30. The van der Waals surface area contributed by atoms with Gasteiger partial charge in [-0.25, -0.2) is 14.6 Å². The molecule has 0 bridgehead atoms. The van der Waals surface area contributed by atoms with Crippen molar-refractivity contribution in [2.24, 2.45) is 13.0 Å². The zero-order valence-electron chi connectivity index (χ0n) is 20.5. The molecule has 3 heterocycles. The van der Waals surface area contributed by atoms with Gasteiger partial charge in [-0.3, -0.25) is 4.79 Å². The number of rotatable bonds is 10. The smallest absolute Gasteiger partial charge is 0.317 e. The number of ether oxygens (including phenoxy) is 3. The van der Waals surface area contributed by atoms with Gasteiger partial charge in [0.2, 0.25) is 0 Å². The van der Waals surface area contributed by atoms with Gasteiger partial charge in [0.15, 0.2) is 0 Å². The van der Waals surface area contributed by atoms with E-state index < -0.39 is 5.97 Å². The lowest BCUT2D eigenvalue weighted by atomic mass is 9.87. The summed E-state index contributed by atoms with van der Waals surface area (Å²) in [5.41, 5.74) is 3.45. The summed E-state index contributed by atoms with van der Waals surface area (Å²) in [6.07, 6.45) is 6.99. The molecule has 2 fully saturated rings. The highest BCUT2D eigenvalue weighted by atomic mass is 16.5. The van der Waals surface area contributed by atoms with Gasteiger partial charge in [-0.05, 0) is 63.6 Å². The number of hydrogen-bond donors (Lipinski definition) is 1. The number of carbonyl (C=O) groups is 1. The van der Waals surface area contributed by atoms with E-state index in [0.29, 0.717) is 48.4 Å². The lowest BCUT2D eigenvalue weighted by Crippen LogP contribution is -2.29.